The normalized spacial score (nSPS) is 11.0. The van der Waals surface area contributed by atoms with Crippen molar-refractivity contribution < 1.29 is 4.79 Å². The fraction of sp³-hybridized carbons (Fsp3) is 0.278. The van der Waals surface area contributed by atoms with Gasteiger partial charge in [-0.15, -0.1) is 5.10 Å². The standard InChI is InChI=1S/C18H19N3O/c1-2-3-11-18-17(13-22)19-20-21(18)12-15-9-6-8-14-7-4-5-10-16(14)15/h4-10,13H,2-3,11-12H2,1H3. The van der Waals surface area contributed by atoms with Crippen molar-refractivity contribution in [1.29, 1.82) is 0 Å². The number of nitrogens with zero attached hydrogens (tertiary/aromatic N) is 3. The van der Waals surface area contributed by atoms with Gasteiger partial charge in [-0.05, 0) is 29.2 Å². The molecular formula is C18H19N3O. The van der Waals surface area contributed by atoms with Gasteiger partial charge in [-0.2, -0.15) is 0 Å². The molecule has 4 heteroatoms. The molecule has 3 aromatic rings. The van der Waals surface area contributed by atoms with Gasteiger partial charge in [0.25, 0.3) is 0 Å². The van der Waals surface area contributed by atoms with Crippen LogP contribution in [-0.2, 0) is 13.0 Å². The smallest absolute Gasteiger partial charge is 0.172 e. The van der Waals surface area contributed by atoms with Gasteiger partial charge in [-0.25, -0.2) is 4.68 Å². The largest absolute Gasteiger partial charge is 0.296 e. The van der Waals surface area contributed by atoms with E-state index in [4.69, 9.17) is 0 Å². The summed E-state index contributed by atoms with van der Waals surface area (Å²) in [5, 5.41) is 10.6. The van der Waals surface area contributed by atoms with E-state index in [0.29, 0.717) is 12.2 Å². The Kier molecular flexibility index (Phi) is 4.28. The molecule has 0 spiro atoms. The van der Waals surface area contributed by atoms with Gasteiger partial charge in [0.2, 0.25) is 0 Å². The SMILES string of the molecule is CCCCc1c(C=O)nnn1Cc1cccc2ccccc12. The van der Waals surface area contributed by atoms with Crippen molar-refractivity contribution in [2.45, 2.75) is 32.7 Å². The quantitative estimate of drug-likeness (QED) is 0.652. The number of hydrogen-bond donors (Lipinski definition) is 0. The first kappa shape index (κ1) is 14.4. The van der Waals surface area contributed by atoms with Gasteiger partial charge in [-0.3, -0.25) is 4.79 Å². The van der Waals surface area contributed by atoms with E-state index in [1.165, 1.54) is 16.3 Å². The average Bonchev–Trinajstić information content (AvgIpc) is 2.95. The first-order chi connectivity index (χ1) is 10.8. The summed E-state index contributed by atoms with van der Waals surface area (Å²) in [5.74, 6) is 0. The third-order valence-electron chi connectivity index (χ3n) is 3.95. The maximum Gasteiger partial charge on any atom is 0.172 e. The number of aromatic nitrogens is 3. The highest BCUT2D eigenvalue weighted by Crippen LogP contribution is 2.20. The Hall–Kier alpha value is -2.49. The van der Waals surface area contributed by atoms with Crippen LogP contribution in [0.25, 0.3) is 10.8 Å². The molecule has 1 aromatic heterocycles. The Bertz CT molecular complexity index is 787. The van der Waals surface area contributed by atoms with Crippen molar-refractivity contribution in [3.05, 3.63) is 59.4 Å². The summed E-state index contributed by atoms with van der Waals surface area (Å²) in [5.41, 5.74) is 2.59. The summed E-state index contributed by atoms with van der Waals surface area (Å²) >= 11 is 0. The molecule has 1 heterocycles. The highest BCUT2D eigenvalue weighted by atomic mass is 16.1. The minimum atomic E-state index is 0.466. The molecule has 0 aliphatic rings. The number of carbonyl (C=O) groups excluding carboxylic acids is 1. The molecule has 3 rings (SSSR count). The van der Waals surface area contributed by atoms with Gasteiger partial charge >= 0.3 is 0 Å². The second-order valence-electron chi connectivity index (χ2n) is 5.44. The summed E-state index contributed by atoms with van der Waals surface area (Å²) in [6.45, 7) is 2.78. The predicted molar refractivity (Wildman–Crippen MR) is 87.1 cm³/mol. The lowest BCUT2D eigenvalue weighted by Crippen LogP contribution is -2.08. The predicted octanol–water partition coefficient (Wildman–Crippen LogP) is 3.63. The van der Waals surface area contributed by atoms with E-state index in [1.807, 2.05) is 16.8 Å². The first-order valence-corrected chi connectivity index (χ1v) is 7.67. The molecule has 0 unspecified atom stereocenters. The van der Waals surface area contributed by atoms with E-state index in [0.717, 1.165) is 31.2 Å². The van der Waals surface area contributed by atoms with E-state index >= 15 is 0 Å². The fourth-order valence-corrected chi connectivity index (χ4v) is 2.76. The Morgan fingerprint density at radius 1 is 1.14 bits per heavy atom. The van der Waals surface area contributed by atoms with Gasteiger partial charge in [0, 0.05) is 0 Å². The molecule has 0 aliphatic carbocycles. The summed E-state index contributed by atoms with van der Waals surface area (Å²) in [4.78, 5) is 11.2. The van der Waals surface area contributed by atoms with Crippen molar-refractivity contribution in [2.24, 2.45) is 0 Å². The van der Waals surface area contributed by atoms with Crippen molar-refractivity contribution in [2.75, 3.05) is 0 Å². The number of fused-ring (bicyclic) bond motifs is 1. The van der Waals surface area contributed by atoms with Crippen LogP contribution in [-0.4, -0.2) is 21.3 Å². The fourth-order valence-electron chi connectivity index (χ4n) is 2.76. The van der Waals surface area contributed by atoms with Crippen molar-refractivity contribution in [1.82, 2.24) is 15.0 Å². The van der Waals surface area contributed by atoms with Crippen LogP contribution in [0.1, 0.15) is 41.5 Å². The molecule has 0 saturated heterocycles. The summed E-state index contributed by atoms with van der Waals surface area (Å²) in [6, 6.07) is 14.6. The molecule has 0 saturated carbocycles. The molecule has 2 aromatic carbocycles. The zero-order valence-electron chi connectivity index (χ0n) is 12.7. The van der Waals surface area contributed by atoms with Crippen LogP contribution in [0.2, 0.25) is 0 Å². The van der Waals surface area contributed by atoms with E-state index in [-0.39, 0.29) is 0 Å². The Labute approximate surface area is 129 Å². The van der Waals surface area contributed by atoms with Crippen LogP contribution in [0.4, 0.5) is 0 Å². The number of rotatable bonds is 6. The minimum absolute atomic E-state index is 0.466. The van der Waals surface area contributed by atoms with Crippen LogP contribution < -0.4 is 0 Å². The lowest BCUT2D eigenvalue weighted by molar-refractivity contribution is 0.111. The maximum absolute atomic E-state index is 11.2. The molecule has 0 N–H and O–H groups in total. The van der Waals surface area contributed by atoms with E-state index in [2.05, 4.69) is 47.6 Å². The lowest BCUT2D eigenvalue weighted by atomic mass is 10.0. The van der Waals surface area contributed by atoms with Gasteiger partial charge in [0.1, 0.15) is 5.69 Å². The topological polar surface area (TPSA) is 47.8 Å². The Balaban J connectivity index is 1.98. The Morgan fingerprint density at radius 3 is 2.77 bits per heavy atom. The molecule has 0 bridgehead atoms. The number of hydrogen-bond acceptors (Lipinski definition) is 3. The Morgan fingerprint density at radius 2 is 1.95 bits per heavy atom. The van der Waals surface area contributed by atoms with Crippen molar-refractivity contribution in [3.8, 4) is 0 Å². The molecule has 0 atom stereocenters. The number of carbonyl (C=O) groups is 1. The third-order valence-corrected chi connectivity index (χ3v) is 3.95. The summed E-state index contributed by atoms with van der Waals surface area (Å²) in [6.07, 6.45) is 3.75. The first-order valence-electron chi connectivity index (χ1n) is 7.67. The van der Waals surface area contributed by atoms with Crippen LogP contribution in [0.5, 0.6) is 0 Å². The second-order valence-corrected chi connectivity index (χ2v) is 5.44. The molecule has 22 heavy (non-hydrogen) atoms. The summed E-state index contributed by atoms with van der Waals surface area (Å²) in [7, 11) is 0. The van der Waals surface area contributed by atoms with Crippen LogP contribution in [0, 0.1) is 0 Å². The van der Waals surface area contributed by atoms with E-state index < -0.39 is 0 Å². The van der Waals surface area contributed by atoms with Gasteiger partial charge in [0.15, 0.2) is 6.29 Å². The molecule has 0 fully saturated rings. The van der Waals surface area contributed by atoms with Crippen molar-refractivity contribution >= 4 is 17.1 Å². The summed E-state index contributed by atoms with van der Waals surface area (Å²) < 4.78 is 1.86. The zero-order chi connectivity index (χ0) is 15.4. The highest BCUT2D eigenvalue weighted by molar-refractivity contribution is 5.85. The minimum Gasteiger partial charge on any atom is -0.296 e. The monoisotopic (exact) mass is 293 g/mol. The molecule has 0 aliphatic heterocycles. The third kappa shape index (κ3) is 2.77. The number of unbranched alkanes of at least 4 members (excludes halogenated alkanes) is 1. The van der Waals surface area contributed by atoms with Gasteiger partial charge in [-0.1, -0.05) is 61.0 Å². The lowest BCUT2D eigenvalue weighted by Gasteiger charge is -2.09. The van der Waals surface area contributed by atoms with Crippen LogP contribution in [0.3, 0.4) is 0 Å². The zero-order valence-corrected chi connectivity index (χ0v) is 12.7. The van der Waals surface area contributed by atoms with E-state index in [9.17, 15) is 4.79 Å². The maximum atomic E-state index is 11.2. The molecule has 4 nitrogen and oxygen atoms in total. The molecule has 0 amide bonds. The van der Waals surface area contributed by atoms with Gasteiger partial charge < -0.3 is 0 Å². The van der Waals surface area contributed by atoms with Gasteiger partial charge in [0.05, 0.1) is 12.2 Å². The van der Waals surface area contributed by atoms with Crippen molar-refractivity contribution in [3.63, 3.8) is 0 Å². The molecule has 0 radical (unpaired) electrons. The second kappa shape index (κ2) is 6.52. The van der Waals surface area contributed by atoms with E-state index in [1.54, 1.807) is 0 Å². The average molecular weight is 293 g/mol. The molecule has 112 valence electrons. The molecular weight excluding hydrogens is 274 g/mol. The highest BCUT2D eigenvalue weighted by Gasteiger charge is 2.13. The number of aldehydes is 1. The van der Waals surface area contributed by atoms with Crippen LogP contribution in [0.15, 0.2) is 42.5 Å². The van der Waals surface area contributed by atoms with Crippen LogP contribution >= 0.6 is 0 Å². The number of benzene rings is 2.